The molecule has 2 aromatic rings. The summed E-state index contributed by atoms with van der Waals surface area (Å²) < 4.78 is 0. The Balaban J connectivity index is 0.000000232. The van der Waals surface area contributed by atoms with Crippen LogP contribution >= 0.6 is 0 Å². The fourth-order valence-electron chi connectivity index (χ4n) is 1.97. The van der Waals surface area contributed by atoms with E-state index in [-0.39, 0.29) is 5.78 Å². The van der Waals surface area contributed by atoms with Crippen LogP contribution in [0.15, 0.2) is 55.1 Å². The number of carbonyl (C=O) groups excluding carboxylic acids is 1. The molecule has 0 unspecified atom stereocenters. The summed E-state index contributed by atoms with van der Waals surface area (Å²) in [4.78, 5) is 20.8. The van der Waals surface area contributed by atoms with Gasteiger partial charge < -0.3 is 5.11 Å². The van der Waals surface area contributed by atoms with Crippen molar-refractivity contribution in [2.75, 3.05) is 0 Å². The molecule has 0 saturated heterocycles. The Labute approximate surface area is 110 Å². The molecule has 1 aliphatic carbocycles. The molecule has 19 heavy (non-hydrogen) atoms. The second-order valence-corrected chi connectivity index (χ2v) is 3.99. The maximum atomic E-state index is 11.6. The molecule has 1 aliphatic rings. The predicted octanol–water partition coefficient (Wildman–Crippen LogP) is 3.31. The van der Waals surface area contributed by atoms with Gasteiger partial charge in [0.05, 0.1) is 0 Å². The lowest BCUT2D eigenvalue weighted by molar-refractivity contribution is -0.131. The summed E-state index contributed by atoms with van der Waals surface area (Å²) >= 11 is 0. The lowest BCUT2D eigenvalue weighted by atomic mass is 9.92. The molecule has 0 aliphatic heterocycles. The van der Waals surface area contributed by atoms with Crippen molar-refractivity contribution in [2.24, 2.45) is 0 Å². The average Bonchev–Trinajstić information content (AvgIpc) is 2.44. The van der Waals surface area contributed by atoms with E-state index in [4.69, 9.17) is 5.11 Å². The normalized spacial score (nSPS) is 11.7. The Bertz CT molecular complexity index is 691. The van der Waals surface area contributed by atoms with Crippen LogP contribution in [0.3, 0.4) is 0 Å². The highest BCUT2D eigenvalue weighted by molar-refractivity contribution is 6.19. The minimum atomic E-state index is -0.981. The Morgan fingerprint density at radius 3 is 2.37 bits per heavy atom. The van der Waals surface area contributed by atoms with Crippen molar-refractivity contribution in [2.45, 2.75) is 0 Å². The van der Waals surface area contributed by atoms with Gasteiger partial charge in [0.2, 0.25) is 0 Å². The molecule has 0 saturated carbocycles. The van der Waals surface area contributed by atoms with Crippen molar-refractivity contribution < 1.29 is 14.7 Å². The first-order valence-corrected chi connectivity index (χ1v) is 5.73. The summed E-state index contributed by atoms with van der Waals surface area (Å²) in [5.41, 5.74) is 1.96. The molecule has 0 aromatic heterocycles. The van der Waals surface area contributed by atoms with E-state index in [1.165, 1.54) is 0 Å². The third kappa shape index (κ3) is 2.60. The van der Waals surface area contributed by atoms with Crippen molar-refractivity contribution in [3.05, 3.63) is 66.3 Å². The van der Waals surface area contributed by atoms with Gasteiger partial charge in [0.15, 0.2) is 5.78 Å². The van der Waals surface area contributed by atoms with Gasteiger partial charge in [0, 0.05) is 17.0 Å². The summed E-state index contributed by atoms with van der Waals surface area (Å²) in [5, 5.41) is 9.83. The van der Waals surface area contributed by atoms with Gasteiger partial charge in [-0.1, -0.05) is 49.1 Å². The molecule has 2 aromatic carbocycles. The van der Waals surface area contributed by atoms with E-state index in [0.29, 0.717) is 0 Å². The Morgan fingerprint density at radius 1 is 1.11 bits per heavy atom. The van der Waals surface area contributed by atoms with Crippen LogP contribution in [0.4, 0.5) is 0 Å². The lowest BCUT2D eigenvalue weighted by Gasteiger charge is -2.10. The molecule has 3 nitrogen and oxygen atoms in total. The van der Waals surface area contributed by atoms with Crippen LogP contribution < -0.4 is 0 Å². The summed E-state index contributed by atoms with van der Waals surface area (Å²) in [5.74, 6) is -0.876. The van der Waals surface area contributed by atoms with Gasteiger partial charge in [-0.25, -0.2) is 4.79 Å². The van der Waals surface area contributed by atoms with Crippen LogP contribution in [0.1, 0.15) is 15.9 Å². The van der Waals surface area contributed by atoms with Gasteiger partial charge in [-0.15, -0.1) is 0 Å². The van der Waals surface area contributed by atoms with Gasteiger partial charge >= 0.3 is 5.97 Å². The smallest absolute Gasteiger partial charge is 0.327 e. The maximum Gasteiger partial charge on any atom is 0.327 e. The summed E-state index contributed by atoms with van der Waals surface area (Å²) in [7, 11) is 0. The van der Waals surface area contributed by atoms with Crippen LogP contribution in [-0.2, 0) is 4.79 Å². The van der Waals surface area contributed by atoms with Crippen LogP contribution in [0.2, 0.25) is 0 Å². The number of rotatable bonds is 1. The fraction of sp³-hybridized carbons (Fsp3) is 0. The van der Waals surface area contributed by atoms with Gasteiger partial charge in [0.25, 0.3) is 0 Å². The van der Waals surface area contributed by atoms with Gasteiger partial charge in [-0.3, -0.25) is 4.79 Å². The highest BCUT2D eigenvalue weighted by atomic mass is 16.4. The average molecular weight is 252 g/mol. The molecule has 0 heterocycles. The Kier molecular flexibility index (Phi) is 3.57. The van der Waals surface area contributed by atoms with E-state index in [2.05, 4.69) is 6.58 Å². The van der Waals surface area contributed by atoms with Crippen LogP contribution in [0, 0.1) is 0 Å². The molecule has 0 amide bonds. The summed E-state index contributed by atoms with van der Waals surface area (Å²) in [6, 6.07) is 11.9. The SMILES string of the molecule is C=CC(=O)O.O=C1C=Cc2cccc3cccc1c23. The van der Waals surface area contributed by atoms with Gasteiger partial charge in [-0.2, -0.15) is 0 Å². The van der Waals surface area contributed by atoms with Crippen molar-refractivity contribution in [1.29, 1.82) is 0 Å². The number of carboxylic acid groups (broad SMARTS) is 1. The van der Waals surface area contributed by atoms with Crippen LogP contribution in [-0.4, -0.2) is 16.9 Å². The maximum absolute atomic E-state index is 11.6. The van der Waals surface area contributed by atoms with Gasteiger partial charge in [-0.05, 0) is 17.0 Å². The standard InChI is InChI=1S/C13H8O.C3H4O2/c14-12-8-7-10-4-1-3-9-5-2-6-11(12)13(9)10;1-2-3(4)5/h1-8H;2H,1H2,(H,4,5). The summed E-state index contributed by atoms with van der Waals surface area (Å²) in [6.07, 6.45) is 4.36. The first kappa shape index (κ1) is 12.8. The Morgan fingerprint density at radius 2 is 1.74 bits per heavy atom. The quantitative estimate of drug-likeness (QED) is 0.792. The molecule has 0 radical (unpaired) electrons. The monoisotopic (exact) mass is 252 g/mol. The number of benzene rings is 2. The van der Waals surface area contributed by atoms with Crippen molar-refractivity contribution >= 4 is 28.6 Å². The number of hydrogen-bond donors (Lipinski definition) is 1. The lowest BCUT2D eigenvalue weighted by Crippen LogP contribution is -2.00. The molecule has 0 atom stereocenters. The van der Waals surface area contributed by atoms with Crippen molar-refractivity contribution in [3.63, 3.8) is 0 Å². The minimum Gasteiger partial charge on any atom is -0.478 e. The van der Waals surface area contributed by atoms with Gasteiger partial charge in [0.1, 0.15) is 0 Å². The molecule has 1 N–H and O–H groups in total. The molecular formula is C16H12O3. The van der Waals surface area contributed by atoms with Crippen LogP contribution in [0.5, 0.6) is 0 Å². The van der Waals surface area contributed by atoms with E-state index in [9.17, 15) is 9.59 Å². The molecule has 3 rings (SSSR count). The number of carbonyl (C=O) groups is 2. The molecular weight excluding hydrogens is 240 g/mol. The van der Waals surface area contributed by atoms with Crippen molar-refractivity contribution in [1.82, 2.24) is 0 Å². The number of hydrogen-bond acceptors (Lipinski definition) is 2. The number of carboxylic acids is 1. The molecule has 0 spiro atoms. The van der Waals surface area contributed by atoms with E-state index in [0.717, 1.165) is 28.0 Å². The number of ketones is 1. The molecule has 0 bridgehead atoms. The number of aliphatic carboxylic acids is 1. The summed E-state index contributed by atoms with van der Waals surface area (Å²) in [6.45, 7) is 2.96. The first-order valence-electron chi connectivity index (χ1n) is 5.73. The van der Waals surface area contributed by atoms with E-state index in [1.807, 2.05) is 42.5 Å². The third-order valence-corrected chi connectivity index (χ3v) is 2.79. The molecule has 3 heteroatoms. The minimum absolute atomic E-state index is 0.106. The van der Waals surface area contributed by atoms with Crippen molar-refractivity contribution in [3.8, 4) is 0 Å². The van der Waals surface area contributed by atoms with E-state index in [1.54, 1.807) is 6.08 Å². The largest absolute Gasteiger partial charge is 0.478 e. The molecule has 94 valence electrons. The highest BCUT2D eigenvalue weighted by Crippen LogP contribution is 2.27. The van der Waals surface area contributed by atoms with E-state index < -0.39 is 5.97 Å². The van der Waals surface area contributed by atoms with E-state index >= 15 is 0 Å². The second-order valence-electron chi connectivity index (χ2n) is 3.99. The predicted molar refractivity (Wildman–Crippen MR) is 75.1 cm³/mol. The second kappa shape index (κ2) is 5.31. The number of allylic oxidation sites excluding steroid dienone is 1. The van der Waals surface area contributed by atoms with Crippen LogP contribution in [0.25, 0.3) is 16.8 Å². The highest BCUT2D eigenvalue weighted by Gasteiger charge is 2.13. The zero-order valence-electron chi connectivity index (χ0n) is 10.2. The zero-order chi connectivity index (χ0) is 13.8. The molecule has 0 fully saturated rings. The third-order valence-electron chi connectivity index (χ3n) is 2.79. The fourth-order valence-corrected chi connectivity index (χ4v) is 1.97. The first-order chi connectivity index (χ1) is 9.13. The Hall–Kier alpha value is -2.68. The topological polar surface area (TPSA) is 54.4 Å². The zero-order valence-corrected chi connectivity index (χ0v) is 10.2.